The summed E-state index contributed by atoms with van der Waals surface area (Å²) in [6.07, 6.45) is 3.78. The largest absolute Gasteiger partial charge is 0.477 e. The van der Waals surface area contributed by atoms with Crippen molar-refractivity contribution in [3.05, 3.63) is 39.9 Å². The van der Waals surface area contributed by atoms with Crippen LogP contribution in [0.2, 0.25) is 0 Å². The molecule has 3 aliphatic rings. The van der Waals surface area contributed by atoms with E-state index in [-0.39, 0.29) is 29.1 Å². The van der Waals surface area contributed by atoms with E-state index in [1.165, 1.54) is 11.1 Å². The number of hydrogen-bond donors (Lipinski definition) is 1. The minimum atomic E-state index is -2.16. The zero-order valence-corrected chi connectivity index (χ0v) is 14.0. The Labute approximate surface area is 153 Å². The highest BCUT2D eigenvalue weighted by Crippen LogP contribution is 2.40. The van der Waals surface area contributed by atoms with Gasteiger partial charge in [-0.2, -0.15) is 0 Å². The van der Waals surface area contributed by atoms with E-state index < -0.39 is 24.2 Å². The summed E-state index contributed by atoms with van der Waals surface area (Å²) in [4.78, 5) is 27.4. The van der Waals surface area contributed by atoms with E-state index in [9.17, 15) is 14.7 Å². The first-order chi connectivity index (χ1) is 13.6. The van der Waals surface area contributed by atoms with Crippen molar-refractivity contribution in [2.45, 2.75) is 37.4 Å². The number of halogens is 1. The van der Waals surface area contributed by atoms with Crippen LogP contribution in [-0.2, 0) is 0 Å². The maximum absolute atomic E-state index is 15.0. The van der Waals surface area contributed by atoms with Crippen LogP contribution in [0, 0.1) is 5.82 Å². The van der Waals surface area contributed by atoms with Gasteiger partial charge >= 0.3 is 5.97 Å². The topological polar surface area (TPSA) is 65.8 Å². The Morgan fingerprint density at radius 3 is 2.69 bits per heavy atom. The van der Waals surface area contributed by atoms with Crippen molar-refractivity contribution in [3.63, 3.8) is 0 Å². The molecular weight excluding hydrogens is 337 g/mol. The molecule has 2 saturated heterocycles. The second-order valence-corrected chi connectivity index (χ2v) is 7.48. The molecular formula is C19H20FN3O3. The van der Waals surface area contributed by atoms with Crippen molar-refractivity contribution in [1.29, 1.82) is 0 Å². The van der Waals surface area contributed by atoms with Gasteiger partial charge in [-0.1, -0.05) is 0 Å². The summed E-state index contributed by atoms with van der Waals surface area (Å²) >= 11 is 0. The second kappa shape index (κ2) is 5.30. The first-order valence-electron chi connectivity index (χ1n) is 10.3. The number of carboxylic acid groups (broad SMARTS) is 1. The Bertz CT molecular complexity index is 1100. The quantitative estimate of drug-likeness (QED) is 0.908. The molecule has 1 N–H and O–H groups in total. The van der Waals surface area contributed by atoms with Gasteiger partial charge in [0, 0.05) is 46.9 Å². The molecule has 5 rings (SSSR count). The van der Waals surface area contributed by atoms with Crippen molar-refractivity contribution < 1.29 is 18.4 Å². The number of aromatic carboxylic acids is 1. The molecule has 1 aliphatic carbocycles. The number of anilines is 1. The van der Waals surface area contributed by atoms with Crippen molar-refractivity contribution in [2.75, 3.05) is 25.0 Å². The van der Waals surface area contributed by atoms with Gasteiger partial charge < -0.3 is 14.6 Å². The minimum Gasteiger partial charge on any atom is -0.477 e. The van der Waals surface area contributed by atoms with Crippen LogP contribution in [0.3, 0.4) is 0 Å². The van der Waals surface area contributed by atoms with Crippen molar-refractivity contribution >= 4 is 22.6 Å². The molecule has 0 unspecified atom stereocenters. The van der Waals surface area contributed by atoms with Crippen LogP contribution in [-0.4, -0.2) is 52.7 Å². The molecule has 26 heavy (non-hydrogen) atoms. The minimum absolute atomic E-state index is 0.0616. The number of aromatic nitrogens is 1. The number of likely N-dealkylation sites (tertiary alicyclic amines) is 1. The molecule has 0 spiro atoms. The van der Waals surface area contributed by atoms with E-state index in [4.69, 9.17) is 4.11 Å². The molecule has 1 aromatic carbocycles. The van der Waals surface area contributed by atoms with Gasteiger partial charge in [-0.3, -0.25) is 9.69 Å². The number of carboxylic acids is 1. The molecule has 3 fully saturated rings. The van der Waals surface area contributed by atoms with Crippen LogP contribution in [0.5, 0.6) is 0 Å². The maximum atomic E-state index is 15.0. The summed E-state index contributed by atoms with van der Waals surface area (Å²) in [7, 11) is 0. The molecule has 2 aromatic rings. The lowest BCUT2D eigenvalue weighted by Crippen LogP contribution is -2.44. The van der Waals surface area contributed by atoms with Crippen LogP contribution in [0.4, 0.5) is 10.1 Å². The summed E-state index contributed by atoms with van der Waals surface area (Å²) in [5.41, 5.74) is -0.183. The van der Waals surface area contributed by atoms with Gasteiger partial charge in [0.1, 0.15) is 11.4 Å². The fourth-order valence-corrected chi connectivity index (χ4v) is 4.35. The molecule has 7 heteroatoms. The zero-order valence-electron chi connectivity index (χ0n) is 17.0. The normalized spacial score (nSPS) is 27.6. The Balaban J connectivity index is 1.60. The molecule has 2 bridgehead atoms. The predicted molar refractivity (Wildman–Crippen MR) is 95.6 cm³/mol. The van der Waals surface area contributed by atoms with Gasteiger partial charge in [0.2, 0.25) is 5.43 Å². The summed E-state index contributed by atoms with van der Waals surface area (Å²) < 4.78 is 39.7. The highest BCUT2D eigenvalue weighted by molar-refractivity contribution is 5.93. The van der Waals surface area contributed by atoms with E-state index in [2.05, 4.69) is 0 Å². The average molecular weight is 360 g/mol. The first-order valence-corrected chi connectivity index (χ1v) is 8.80. The van der Waals surface area contributed by atoms with Gasteiger partial charge in [0.15, 0.2) is 0 Å². The number of hydrogen-bond acceptors (Lipinski definition) is 4. The monoisotopic (exact) mass is 360 g/mol. The molecule has 2 aliphatic heterocycles. The Kier molecular flexibility index (Phi) is 2.62. The number of rotatable bonds is 3. The molecule has 1 saturated carbocycles. The van der Waals surface area contributed by atoms with Crippen molar-refractivity contribution in [2.24, 2.45) is 0 Å². The van der Waals surface area contributed by atoms with E-state index in [0.29, 0.717) is 30.7 Å². The molecule has 3 heterocycles. The summed E-state index contributed by atoms with van der Waals surface area (Å²) in [5.74, 6) is -1.91. The maximum Gasteiger partial charge on any atom is 0.341 e. The van der Waals surface area contributed by atoms with Crippen LogP contribution in [0.15, 0.2) is 23.1 Å². The van der Waals surface area contributed by atoms with Crippen LogP contribution >= 0.6 is 0 Å². The smallest absolute Gasteiger partial charge is 0.341 e. The van der Waals surface area contributed by atoms with Crippen molar-refractivity contribution in [1.82, 2.24) is 9.47 Å². The lowest BCUT2D eigenvalue weighted by atomic mass is 10.1. The summed E-state index contributed by atoms with van der Waals surface area (Å²) in [5, 5.41) is 9.41. The zero-order chi connectivity index (χ0) is 20.7. The summed E-state index contributed by atoms with van der Waals surface area (Å²) in [6.45, 7) is -1.41. The number of likely N-dealkylation sites (N-methyl/N-ethyl adjacent to an activating group) is 1. The number of piperazine rings is 1. The third-order valence-electron chi connectivity index (χ3n) is 5.82. The SMILES string of the molecule is [2H]C([2H])([2H])N1C[C@@H]2C[C@H]1CN2c1cc2c(cc1F)c(=O)c(C(=O)O)cn2C1CC1. The number of fused-ring (bicyclic) bond motifs is 3. The number of carbonyl (C=O) groups is 1. The highest BCUT2D eigenvalue weighted by atomic mass is 19.1. The number of nitrogens with zero attached hydrogens (tertiary/aromatic N) is 3. The number of benzene rings is 1. The predicted octanol–water partition coefficient (Wildman–Crippen LogP) is 2.07. The molecule has 0 amide bonds. The van der Waals surface area contributed by atoms with Gasteiger partial charge in [0.05, 0.1) is 11.2 Å². The average Bonchev–Trinajstić information content (AvgIpc) is 3.27. The fourth-order valence-electron chi connectivity index (χ4n) is 4.35. The van der Waals surface area contributed by atoms with E-state index in [1.807, 2.05) is 4.90 Å². The molecule has 0 radical (unpaired) electrons. The lowest BCUT2D eigenvalue weighted by Gasteiger charge is -2.34. The third-order valence-corrected chi connectivity index (χ3v) is 5.82. The van der Waals surface area contributed by atoms with E-state index in [0.717, 1.165) is 18.9 Å². The fraction of sp³-hybridized carbons (Fsp3) is 0.474. The lowest BCUT2D eigenvalue weighted by molar-refractivity contribution is 0.0695. The van der Waals surface area contributed by atoms with Crippen LogP contribution < -0.4 is 10.3 Å². The Morgan fingerprint density at radius 2 is 2.08 bits per heavy atom. The van der Waals surface area contributed by atoms with Gasteiger partial charge in [0.25, 0.3) is 0 Å². The van der Waals surface area contributed by atoms with E-state index in [1.54, 1.807) is 10.6 Å². The van der Waals surface area contributed by atoms with Gasteiger partial charge in [-0.05, 0) is 38.4 Å². The summed E-state index contributed by atoms with van der Waals surface area (Å²) in [6, 6.07) is 2.59. The highest BCUT2D eigenvalue weighted by Gasteiger charge is 2.42. The number of pyridine rings is 1. The molecule has 6 nitrogen and oxygen atoms in total. The molecule has 136 valence electrons. The second-order valence-electron chi connectivity index (χ2n) is 7.48. The van der Waals surface area contributed by atoms with Gasteiger partial charge in [-0.15, -0.1) is 0 Å². The Morgan fingerprint density at radius 1 is 1.27 bits per heavy atom. The van der Waals surface area contributed by atoms with E-state index >= 15 is 4.39 Å². The first kappa shape index (κ1) is 12.9. The molecule has 2 atom stereocenters. The molecule has 1 aromatic heterocycles. The third kappa shape index (κ3) is 2.19. The van der Waals surface area contributed by atoms with Gasteiger partial charge in [-0.25, -0.2) is 9.18 Å². The van der Waals surface area contributed by atoms with Crippen molar-refractivity contribution in [3.8, 4) is 0 Å². The van der Waals surface area contributed by atoms with Crippen LogP contribution in [0.1, 0.15) is 39.8 Å². The Hall–Kier alpha value is -2.41. The standard InChI is InChI=1S/C19H20FN3O3/c1-21-7-12-4-11(21)8-22(12)17-6-16-13(5-15(17)20)18(24)14(19(25)26)9-23(16)10-2-3-10/h5-6,9-12H,2-4,7-8H2,1H3,(H,25,26)/t11-,12-/m0/s1/i1D3. The van der Waals surface area contributed by atoms with Crippen LogP contribution in [0.25, 0.3) is 10.9 Å².